The molecule has 0 aliphatic heterocycles. The molecule has 0 amide bonds. The van der Waals surface area contributed by atoms with E-state index in [4.69, 9.17) is 19.9 Å². The fourth-order valence-electron chi connectivity index (χ4n) is 1.57. The summed E-state index contributed by atoms with van der Waals surface area (Å²) in [4.78, 5) is 17.6. The number of nitrogens with two attached hydrogens (primary N) is 1. The number of methoxy groups -OCH3 is 2. The van der Waals surface area contributed by atoms with Gasteiger partial charge in [0.1, 0.15) is 23.6 Å². The number of hydrogen-bond donors (Lipinski definition) is 1. The first-order valence-corrected chi connectivity index (χ1v) is 5.71. The van der Waals surface area contributed by atoms with Crippen molar-refractivity contribution in [3.05, 3.63) is 34.6 Å². The Balaban J connectivity index is 2.43. The standard InChI is InChI=1S/C12H12N4O5/c1-19-7-3-8(20-2)5-9(4-7)21-12-10(16(17)18)11(13)14-6-15-12/h3-6H,1-2H3,(H2,13,14,15). The maximum atomic E-state index is 11.0. The SMILES string of the molecule is COc1cc(OC)cc(Oc2ncnc(N)c2[N+](=O)[O-])c1. The van der Waals surface area contributed by atoms with Crippen LogP contribution in [0.25, 0.3) is 0 Å². The third-order valence-corrected chi connectivity index (χ3v) is 2.54. The van der Waals surface area contributed by atoms with E-state index in [9.17, 15) is 10.1 Å². The Morgan fingerprint density at radius 1 is 1.10 bits per heavy atom. The molecule has 0 fully saturated rings. The molecule has 110 valence electrons. The van der Waals surface area contributed by atoms with Gasteiger partial charge in [-0.25, -0.2) is 4.98 Å². The van der Waals surface area contributed by atoms with Crippen LogP contribution in [0.15, 0.2) is 24.5 Å². The molecule has 0 saturated carbocycles. The Bertz CT molecular complexity index is 654. The van der Waals surface area contributed by atoms with Crippen LogP contribution in [0.1, 0.15) is 0 Å². The minimum Gasteiger partial charge on any atom is -0.496 e. The Morgan fingerprint density at radius 3 is 2.19 bits per heavy atom. The molecule has 1 heterocycles. The summed E-state index contributed by atoms with van der Waals surface area (Å²) in [6.45, 7) is 0. The predicted molar refractivity (Wildman–Crippen MR) is 72.7 cm³/mol. The van der Waals surface area contributed by atoms with Crippen LogP contribution in [-0.2, 0) is 0 Å². The van der Waals surface area contributed by atoms with Crippen LogP contribution in [0.2, 0.25) is 0 Å². The largest absolute Gasteiger partial charge is 0.496 e. The topological polar surface area (TPSA) is 123 Å². The smallest absolute Gasteiger partial charge is 0.372 e. The summed E-state index contributed by atoms with van der Waals surface area (Å²) in [5.41, 5.74) is 4.97. The van der Waals surface area contributed by atoms with E-state index in [1.54, 1.807) is 6.07 Å². The lowest BCUT2D eigenvalue weighted by atomic mass is 10.3. The van der Waals surface area contributed by atoms with E-state index in [0.29, 0.717) is 11.5 Å². The van der Waals surface area contributed by atoms with Crippen molar-refractivity contribution in [1.82, 2.24) is 9.97 Å². The van der Waals surface area contributed by atoms with Crippen molar-refractivity contribution in [3.8, 4) is 23.1 Å². The molecule has 0 aliphatic carbocycles. The zero-order valence-electron chi connectivity index (χ0n) is 11.3. The van der Waals surface area contributed by atoms with E-state index >= 15 is 0 Å². The summed E-state index contributed by atoms with van der Waals surface area (Å²) in [7, 11) is 2.95. The third kappa shape index (κ3) is 3.08. The summed E-state index contributed by atoms with van der Waals surface area (Å²) < 4.78 is 15.6. The van der Waals surface area contributed by atoms with E-state index in [1.165, 1.54) is 26.4 Å². The van der Waals surface area contributed by atoms with Gasteiger partial charge in [-0.2, -0.15) is 4.98 Å². The number of anilines is 1. The highest BCUT2D eigenvalue weighted by atomic mass is 16.6. The summed E-state index contributed by atoms with van der Waals surface area (Å²) in [6, 6.07) is 4.70. The Labute approximate surface area is 119 Å². The van der Waals surface area contributed by atoms with Crippen molar-refractivity contribution < 1.29 is 19.1 Å². The van der Waals surface area contributed by atoms with Gasteiger partial charge in [0, 0.05) is 18.2 Å². The molecule has 2 N–H and O–H groups in total. The second-order valence-electron chi connectivity index (χ2n) is 3.82. The fourth-order valence-corrected chi connectivity index (χ4v) is 1.57. The van der Waals surface area contributed by atoms with Crippen molar-refractivity contribution in [2.45, 2.75) is 0 Å². The van der Waals surface area contributed by atoms with Gasteiger partial charge in [0.05, 0.1) is 19.1 Å². The zero-order valence-corrected chi connectivity index (χ0v) is 11.3. The molecule has 2 rings (SSSR count). The van der Waals surface area contributed by atoms with Crippen LogP contribution in [-0.4, -0.2) is 29.1 Å². The number of nitrogens with zero attached hydrogens (tertiary/aromatic N) is 3. The number of ether oxygens (including phenoxy) is 3. The Morgan fingerprint density at radius 2 is 1.67 bits per heavy atom. The van der Waals surface area contributed by atoms with Gasteiger partial charge in [0.2, 0.25) is 5.82 Å². The summed E-state index contributed by atoms with van der Waals surface area (Å²) >= 11 is 0. The molecule has 9 nitrogen and oxygen atoms in total. The lowest BCUT2D eigenvalue weighted by Gasteiger charge is -2.09. The Kier molecular flexibility index (Phi) is 4.02. The van der Waals surface area contributed by atoms with Crippen LogP contribution < -0.4 is 19.9 Å². The van der Waals surface area contributed by atoms with Gasteiger partial charge in [-0.05, 0) is 0 Å². The normalized spacial score (nSPS) is 10.0. The molecule has 0 spiro atoms. The number of nitro groups is 1. The molecule has 0 aliphatic rings. The number of hydrogen-bond acceptors (Lipinski definition) is 8. The molecular formula is C12H12N4O5. The maximum Gasteiger partial charge on any atom is 0.372 e. The van der Waals surface area contributed by atoms with Gasteiger partial charge in [-0.3, -0.25) is 10.1 Å². The molecule has 0 atom stereocenters. The van der Waals surface area contributed by atoms with E-state index in [2.05, 4.69) is 9.97 Å². The van der Waals surface area contributed by atoms with E-state index in [0.717, 1.165) is 6.33 Å². The van der Waals surface area contributed by atoms with Crippen LogP contribution in [0.3, 0.4) is 0 Å². The van der Waals surface area contributed by atoms with E-state index < -0.39 is 10.6 Å². The number of benzene rings is 1. The minimum absolute atomic E-state index is 0.257. The molecule has 2 aromatic rings. The van der Waals surface area contributed by atoms with Crippen molar-refractivity contribution >= 4 is 11.5 Å². The average Bonchev–Trinajstić information content (AvgIpc) is 2.46. The Hall–Kier alpha value is -3.10. The first-order valence-electron chi connectivity index (χ1n) is 5.71. The second kappa shape index (κ2) is 5.90. The van der Waals surface area contributed by atoms with Crippen LogP contribution in [0.5, 0.6) is 23.1 Å². The molecular weight excluding hydrogens is 280 g/mol. The summed E-state index contributed by atoms with van der Waals surface area (Å²) in [6.07, 6.45) is 1.08. The highest BCUT2D eigenvalue weighted by molar-refractivity contribution is 5.59. The maximum absolute atomic E-state index is 11.0. The van der Waals surface area contributed by atoms with Gasteiger partial charge < -0.3 is 19.9 Å². The predicted octanol–water partition coefficient (Wildman–Crippen LogP) is 1.78. The van der Waals surface area contributed by atoms with Crippen molar-refractivity contribution in [1.29, 1.82) is 0 Å². The van der Waals surface area contributed by atoms with Gasteiger partial charge in [-0.15, -0.1) is 0 Å². The molecule has 1 aromatic heterocycles. The monoisotopic (exact) mass is 292 g/mol. The zero-order chi connectivity index (χ0) is 15.4. The summed E-state index contributed by atoms with van der Waals surface area (Å²) in [5.74, 6) is 0.651. The highest BCUT2D eigenvalue weighted by Gasteiger charge is 2.23. The molecule has 0 bridgehead atoms. The van der Waals surface area contributed by atoms with Gasteiger partial charge >= 0.3 is 11.6 Å². The molecule has 9 heteroatoms. The highest BCUT2D eigenvalue weighted by Crippen LogP contribution is 2.35. The minimum atomic E-state index is -0.706. The lowest BCUT2D eigenvalue weighted by molar-refractivity contribution is -0.385. The number of rotatable bonds is 5. The first-order chi connectivity index (χ1) is 10.0. The fraction of sp³-hybridized carbons (Fsp3) is 0.167. The molecule has 1 aromatic carbocycles. The van der Waals surface area contributed by atoms with Crippen LogP contribution >= 0.6 is 0 Å². The summed E-state index contributed by atoms with van der Waals surface area (Å²) in [5, 5.41) is 11.0. The average molecular weight is 292 g/mol. The van der Waals surface area contributed by atoms with Crippen molar-refractivity contribution in [2.75, 3.05) is 20.0 Å². The molecule has 0 radical (unpaired) electrons. The molecule has 0 unspecified atom stereocenters. The van der Waals surface area contributed by atoms with Gasteiger partial charge in [0.25, 0.3) is 0 Å². The van der Waals surface area contributed by atoms with Gasteiger partial charge in [-0.1, -0.05) is 0 Å². The van der Waals surface area contributed by atoms with Crippen LogP contribution in [0.4, 0.5) is 11.5 Å². The molecule has 21 heavy (non-hydrogen) atoms. The van der Waals surface area contributed by atoms with Crippen molar-refractivity contribution in [3.63, 3.8) is 0 Å². The first kappa shape index (κ1) is 14.3. The number of aromatic nitrogens is 2. The van der Waals surface area contributed by atoms with Crippen molar-refractivity contribution in [2.24, 2.45) is 0 Å². The lowest BCUT2D eigenvalue weighted by Crippen LogP contribution is -2.02. The third-order valence-electron chi connectivity index (χ3n) is 2.54. The van der Waals surface area contributed by atoms with E-state index in [-0.39, 0.29) is 17.4 Å². The quantitative estimate of drug-likeness (QED) is 0.653. The second-order valence-corrected chi connectivity index (χ2v) is 3.82. The van der Waals surface area contributed by atoms with Crippen LogP contribution in [0, 0.1) is 10.1 Å². The van der Waals surface area contributed by atoms with E-state index in [1.807, 2.05) is 0 Å². The number of nitrogen functional groups attached to an aromatic ring is 1. The molecule has 0 saturated heterocycles. The van der Waals surface area contributed by atoms with Gasteiger partial charge in [0.15, 0.2) is 0 Å².